The van der Waals surface area contributed by atoms with Gasteiger partial charge in [0, 0.05) is 0 Å². The van der Waals surface area contributed by atoms with Crippen LogP contribution in [0.3, 0.4) is 0 Å². The van der Waals surface area contributed by atoms with E-state index in [0.29, 0.717) is 0 Å². The number of aliphatic hydroxyl groups excluding tert-OH is 4. The number of aliphatic hydroxyl groups is 4. The Morgan fingerprint density at radius 2 is 1.77 bits per heavy atom. The molecule has 6 unspecified atom stereocenters. The van der Waals surface area contributed by atoms with Gasteiger partial charge in [-0.3, -0.25) is 4.52 Å². The van der Waals surface area contributed by atoms with Crippen molar-refractivity contribution in [1.82, 2.24) is 0 Å². The second-order valence-electron chi connectivity index (χ2n) is 4.45. The summed E-state index contributed by atoms with van der Waals surface area (Å²) in [5.41, 5.74) is 0. The van der Waals surface area contributed by atoms with Crippen LogP contribution in [0, 0.1) is 0 Å². The summed E-state index contributed by atoms with van der Waals surface area (Å²) in [5, 5.41) is 46.5. The SMILES string of the molecule is O=C(O)C(COP(=O)(O)O)OC1OC(CO)C(O)C(O)C1O. The Hall–Kier alpha value is -0.660. The summed E-state index contributed by atoms with van der Waals surface area (Å²) in [5.74, 6) is -1.68. The normalized spacial score (nSPS) is 34.4. The van der Waals surface area contributed by atoms with Gasteiger partial charge in [-0.25, -0.2) is 9.36 Å². The van der Waals surface area contributed by atoms with Gasteiger partial charge in [-0.2, -0.15) is 0 Å². The smallest absolute Gasteiger partial charge is 0.469 e. The highest BCUT2D eigenvalue weighted by molar-refractivity contribution is 7.46. The van der Waals surface area contributed by atoms with E-state index in [-0.39, 0.29) is 0 Å². The lowest BCUT2D eigenvalue weighted by atomic mass is 9.99. The van der Waals surface area contributed by atoms with Crippen LogP contribution in [0.15, 0.2) is 0 Å². The Morgan fingerprint density at radius 1 is 1.18 bits per heavy atom. The number of hydrogen-bond donors (Lipinski definition) is 7. The average molecular weight is 348 g/mol. The van der Waals surface area contributed by atoms with Crippen molar-refractivity contribution in [2.24, 2.45) is 0 Å². The maximum atomic E-state index is 10.9. The highest BCUT2D eigenvalue weighted by atomic mass is 31.2. The number of hydrogen-bond acceptors (Lipinski definition) is 9. The van der Waals surface area contributed by atoms with Gasteiger partial charge in [0.15, 0.2) is 12.4 Å². The van der Waals surface area contributed by atoms with Gasteiger partial charge >= 0.3 is 13.8 Å². The van der Waals surface area contributed by atoms with Crippen molar-refractivity contribution in [3.8, 4) is 0 Å². The minimum absolute atomic E-state index is 0.748. The number of aliphatic carboxylic acids is 1. The minimum atomic E-state index is -4.94. The van der Waals surface area contributed by atoms with Crippen LogP contribution in [0.4, 0.5) is 0 Å². The van der Waals surface area contributed by atoms with Crippen molar-refractivity contribution < 1.29 is 58.7 Å². The number of rotatable bonds is 7. The zero-order chi connectivity index (χ0) is 17.1. The van der Waals surface area contributed by atoms with Gasteiger partial charge in [0.05, 0.1) is 13.2 Å². The van der Waals surface area contributed by atoms with Crippen LogP contribution in [0.2, 0.25) is 0 Å². The lowest BCUT2D eigenvalue weighted by Crippen LogP contribution is -2.60. The van der Waals surface area contributed by atoms with Crippen LogP contribution in [-0.2, 0) is 23.4 Å². The van der Waals surface area contributed by atoms with Gasteiger partial charge in [0.1, 0.15) is 24.4 Å². The zero-order valence-corrected chi connectivity index (χ0v) is 11.9. The predicted octanol–water partition coefficient (Wildman–Crippen LogP) is -3.63. The fraction of sp³-hybridized carbons (Fsp3) is 0.889. The van der Waals surface area contributed by atoms with E-state index in [4.69, 9.17) is 29.5 Å². The lowest BCUT2D eigenvalue weighted by Gasteiger charge is -2.40. The molecule has 1 saturated heterocycles. The molecule has 0 radical (unpaired) electrons. The fourth-order valence-corrected chi connectivity index (χ4v) is 2.00. The molecule has 1 aliphatic heterocycles. The summed E-state index contributed by atoms with van der Waals surface area (Å²) < 4.78 is 24.2. The highest BCUT2D eigenvalue weighted by Crippen LogP contribution is 2.36. The number of carbonyl (C=O) groups is 1. The van der Waals surface area contributed by atoms with Gasteiger partial charge in [-0.1, -0.05) is 0 Å². The van der Waals surface area contributed by atoms with E-state index in [0.717, 1.165) is 0 Å². The van der Waals surface area contributed by atoms with E-state index in [2.05, 4.69) is 4.52 Å². The van der Waals surface area contributed by atoms with E-state index in [1.807, 2.05) is 0 Å². The average Bonchev–Trinajstić information content (AvgIpc) is 2.41. The molecule has 0 aliphatic carbocycles. The third kappa shape index (κ3) is 5.21. The van der Waals surface area contributed by atoms with Crippen molar-refractivity contribution in [1.29, 1.82) is 0 Å². The fourth-order valence-electron chi connectivity index (χ4n) is 1.68. The first-order valence-electron chi connectivity index (χ1n) is 5.95. The third-order valence-electron chi connectivity index (χ3n) is 2.82. The lowest BCUT2D eigenvalue weighted by molar-refractivity contribution is -0.311. The third-order valence-corrected chi connectivity index (χ3v) is 3.30. The summed E-state index contributed by atoms with van der Waals surface area (Å²) in [6.07, 6.45) is -10.3. The molecule has 0 bridgehead atoms. The van der Waals surface area contributed by atoms with Crippen LogP contribution < -0.4 is 0 Å². The van der Waals surface area contributed by atoms with Crippen molar-refractivity contribution >= 4 is 13.8 Å². The Balaban J connectivity index is 2.75. The molecule has 0 aromatic heterocycles. The molecular weight excluding hydrogens is 331 g/mol. The number of carboxylic acids is 1. The molecule has 0 spiro atoms. The molecule has 22 heavy (non-hydrogen) atoms. The van der Waals surface area contributed by atoms with Crippen LogP contribution >= 0.6 is 7.82 Å². The van der Waals surface area contributed by atoms with Gasteiger partial charge in [-0.15, -0.1) is 0 Å². The minimum Gasteiger partial charge on any atom is -0.479 e. The van der Waals surface area contributed by atoms with Crippen LogP contribution in [0.1, 0.15) is 0 Å². The summed E-state index contributed by atoms with van der Waals surface area (Å²) in [7, 11) is -4.94. The standard InChI is InChI=1S/C9H17O12P/c10-1-3-5(11)6(12)7(13)9(20-3)21-4(8(14)15)2-19-22(16,17)18/h3-7,9-13H,1-2H2,(H,14,15)(H2,16,17,18). The molecule has 1 aliphatic rings. The maximum Gasteiger partial charge on any atom is 0.469 e. The number of carboxylic acid groups (broad SMARTS) is 1. The second-order valence-corrected chi connectivity index (χ2v) is 5.69. The first-order chi connectivity index (χ1) is 10.1. The Kier molecular flexibility index (Phi) is 6.83. The largest absolute Gasteiger partial charge is 0.479 e. The molecule has 7 N–H and O–H groups in total. The molecule has 130 valence electrons. The van der Waals surface area contributed by atoms with Gasteiger partial charge in [0.25, 0.3) is 0 Å². The first-order valence-corrected chi connectivity index (χ1v) is 7.48. The van der Waals surface area contributed by atoms with Crippen molar-refractivity contribution in [3.05, 3.63) is 0 Å². The number of phosphoric acid groups is 1. The molecule has 1 fully saturated rings. The Labute approximate surface area is 123 Å². The van der Waals surface area contributed by atoms with Crippen molar-refractivity contribution in [3.63, 3.8) is 0 Å². The van der Waals surface area contributed by atoms with Crippen molar-refractivity contribution in [2.45, 2.75) is 36.8 Å². The molecule has 1 rings (SSSR count). The van der Waals surface area contributed by atoms with Crippen LogP contribution in [-0.4, -0.2) is 91.3 Å². The molecule has 13 heteroatoms. The molecule has 6 atom stereocenters. The van der Waals surface area contributed by atoms with E-state index < -0.39 is 63.8 Å². The molecular formula is C9H17O12P. The maximum absolute atomic E-state index is 10.9. The number of phosphoric ester groups is 1. The topological polar surface area (TPSA) is 203 Å². The monoisotopic (exact) mass is 348 g/mol. The second kappa shape index (κ2) is 7.75. The Morgan fingerprint density at radius 3 is 2.23 bits per heavy atom. The summed E-state index contributed by atoms with van der Waals surface area (Å²) >= 11 is 0. The van der Waals surface area contributed by atoms with E-state index in [1.165, 1.54) is 0 Å². The highest BCUT2D eigenvalue weighted by Gasteiger charge is 2.45. The molecule has 1 heterocycles. The van der Waals surface area contributed by atoms with E-state index >= 15 is 0 Å². The first kappa shape index (κ1) is 19.4. The molecule has 12 nitrogen and oxygen atoms in total. The molecule has 0 amide bonds. The van der Waals surface area contributed by atoms with E-state index in [1.54, 1.807) is 0 Å². The van der Waals surface area contributed by atoms with E-state index in [9.17, 15) is 24.7 Å². The number of ether oxygens (including phenoxy) is 2. The van der Waals surface area contributed by atoms with Gasteiger partial charge < -0.3 is 44.8 Å². The molecule has 0 aromatic carbocycles. The quantitative estimate of drug-likeness (QED) is 0.223. The summed E-state index contributed by atoms with van der Waals surface area (Å²) in [6, 6.07) is 0. The van der Waals surface area contributed by atoms with Crippen molar-refractivity contribution in [2.75, 3.05) is 13.2 Å². The van der Waals surface area contributed by atoms with Crippen LogP contribution in [0.5, 0.6) is 0 Å². The summed E-state index contributed by atoms with van der Waals surface area (Å²) in [4.78, 5) is 28.0. The van der Waals surface area contributed by atoms with Gasteiger partial charge in [-0.05, 0) is 0 Å². The molecule has 0 saturated carbocycles. The molecule has 0 aromatic rings. The van der Waals surface area contributed by atoms with Crippen LogP contribution in [0.25, 0.3) is 0 Å². The predicted molar refractivity (Wildman–Crippen MR) is 64.3 cm³/mol. The van der Waals surface area contributed by atoms with Gasteiger partial charge in [0.2, 0.25) is 0 Å². The summed E-state index contributed by atoms with van der Waals surface area (Å²) in [6.45, 7) is -1.81. The zero-order valence-electron chi connectivity index (χ0n) is 11.0. The Bertz CT molecular complexity index is 421.